The van der Waals surface area contributed by atoms with Gasteiger partial charge in [0, 0.05) is 11.8 Å². The smallest absolute Gasteiger partial charge is 0.257 e. The van der Waals surface area contributed by atoms with Crippen LogP contribution in [-0.2, 0) is 6.54 Å². The molecular formula is C21H21N5O2. The van der Waals surface area contributed by atoms with Crippen molar-refractivity contribution in [2.45, 2.75) is 19.6 Å². The van der Waals surface area contributed by atoms with Crippen LogP contribution < -0.4 is 20.9 Å². The topological polar surface area (TPSA) is 80.5 Å². The number of ether oxygens (including phenoxy) is 1. The lowest BCUT2D eigenvalue weighted by molar-refractivity contribution is 0.414. The maximum absolute atomic E-state index is 12.6. The second-order valence-corrected chi connectivity index (χ2v) is 6.52. The number of methoxy groups -OCH3 is 1. The summed E-state index contributed by atoms with van der Waals surface area (Å²) in [6.45, 7) is 2.29. The van der Waals surface area contributed by atoms with E-state index in [9.17, 15) is 4.79 Å². The Morgan fingerprint density at radius 3 is 2.61 bits per heavy atom. The van der Waals surface area contributed by atoms with Crippen molar-refractivity contribution in [2.75, 3.05) is 12.4 Å². The van der Waals surface area contributed by atoms with Crippen molar-refractivity contribution in [2.24, 2.45) is 4.99 Å². The number of aliphatic imine (C=N–C) groups is 1. The number of hydrogen-bond donors (Lipinski definition) is 2. The van der Waals surface area contributed by atoms with E-state index in [0.29, 0.717) is 24.1 Å². The fourth-order valence-corrected chi connectivity index (χ4v) is 3.13. The minimum Gasteiger partial charge on any atom is -0.497 e. The van der Waals surface area contributed by atoms with Crippen molar-refractivity contribution in [3.63, 3.8) is 0 Å². The van der Waals surface area contributed by atoms with Crippen LogP contribution in [0.4, 0.5) is 5.95 Å². The average molecular weight is 375 g/mol. The fraction of sp³-hybridized carbons (Fsp3) is 0.190. The van der Waals surface area contributed by atoms with E-state index in [2.05, 4.69) is 20.6 Å². The van der Waals surface area contributed by atoms with E-state index < -0.39 is 0 Å². The minimum atomic E-state index is -0.382. The molecule has 142 valence electrons. The van der Waals surface area contributed by atoms with Gasteiger partial charge in [0.15, 0.2) is 5.96 Å². The number of rotatable bonds is 4. The standard InChI is InChI=1S/C21H21N5O2/c1-14-12-18(27)26-19(16-6-4-3-5-7-16)24-20(25-21(26)23-14)22-13-15-8-10-17(28-2)11-9-15/h3-12,19H,13H2,1-2H3,(H2,22,23,24,25). The molecule has 1 atom stereocenters. The summed E-state index contributed by atoms with van der Waals surface area (Å²) in [5, 5.41) is 6.45. The number of aromatic nitrogens is 2. The third-order valence-corrected chi connectivity index (χ3v) is 4.54. The number of fused-ring (bicyclic) bond motifs is 1. The van der Waals surface area contributed by atoms with Crippen LogP contribution in [0.1, 0.15) is 23.0 Å². The summed E-state index contributed by atoms with van der Waals surface area (Å²) in [5.41, 5.74) is 2.54. The number of aryl methyl sites for hydroxylation is 1. The molecule has 2 aromatic carbocycles. The lowest BCUT2D eigenvalue weighted by Crippen LogP contribution is -2.48. The Hall–Kier alpha value is -3.61. The monoisotopic (exact) mass is 375 g/mol. The molecule has 3 aromatic rings. The zero-order chi connectivity index (χ0) is 19.5. The summed E-state index contributed by atoms with van der Waals surface area (Å²) in [4.78, 5) is 21.7. The third-order valence-electron chi connectivity index (χ3n) is 4.54. The first kappa shape index (κ1) is 17.8. The number of benzene rings is 2. The highest BCUT2D eigenvalue weighted by atomic mass is 16.5. The van der Waals surface area contributed by atoms with Gasteiger partial charge in [0.25, 0.3) is 5.56 Å². The molecule has 0 amide bonds. The molecule has 7 heteroatoms. The molecule has 4 rings (SSSR count). The Morgan fingerprint density at radius 2 is 1.89 bits per heavy atom. The molecular weight excluding hydrogens is 354 g/mol. The van der Waals surface area contributed by atoms with Crippen LogP contribution >= 0.6 is 0 Å². The zero-order valence-corrected chi connectivity index (χ0v) is 15.7. The van der Waals surface area contributed by atoms with Crippen LogP contribution in [0, 0.1) is 6.92 Å². The molecule has 0 bridgehead atoms. The van der Waals surface area contributed by atoms with Gasteiger partial charge in [-0.05, 0) is 30.2 Å². The van der Waals surface area contributed by atoms with E-state index in [1.54, 1.807) is 18.6 Å². The summed E-state index contributed by atoms with van der Waals surface area (Å²) >= 11 is 0. The molecule has 2 heterocycles. The van der Waals surface area contributed by atoms with Gasteiger partial charge in [0.05, 0.1) is 13.7 Å². The summed E-state index contributed by atoms with van der Waals surface area (Å²) in [6.07, 6.45) is -0.382. The molecule has 0 spiro atoms. The van der Waals surface area contributed by atoms with Crippen molar-refractivity contribution in [1.82, 2.24) is 14.9 Å². The van der Waals surface area contributed by atoms with Crippen molar-refractivity contribution in [3.05, 3.63) is 87.8 Å². The molecule has 0 radical (unpaired) electrons. The SMILES string of the molecule is COc1ccc(CN=C2Nc3nc(C)cc(=O)n3C(c3ccccc3)N2)cc1. The number of nitrogens with zero attached hydrogens (tertiary/aromatic N) is 3. The predicted molar refractivity (Wildman–Crippen MR) is 109 cm³/mol. The molecule has 28 heavy (non-hydrogen) atoms. The molecule has 2 N–H and O–H groups in total. The highest BCUT2D eigenvalue weighted by Crippen LogP contribution is 2.21. The molecule has 0 saturated carbocycles. The molecule has 0 aliphatic carbocycles. The van der Waals surface area contributed by atoms with Gasteiger partial charge in [-0.1, -0.05) is 42.5 Å². The second-order valence-electron chi connectivity index (χ2n) is 6.52. The maximum Gasteiger partial charge on any atom is 0.257 e. The van der Waals surface area contributed by atoms with Gasteiger partial charge in [-0.15, -0.1) is 0 Å². The Kier molecular flexibility index (Phi) is 4.80. The van der Waals surface area contributed by atoms with Gasteiger partial charge >= 0.3 is 0 Å². The van der Waals surface area contributed by atoms with Crippen molar-refractivity contribution >= 4 is 11.9 Å². The molecule has 7 nitrogen and oxygen atoms in total. The normalized spacial score (nSPS) is 16.8. The van der Waals surface area contributed by atoms with Crippen molar-refractivity contribution in [1.29, 1.82) is 0 Å². The Balaban J connectivity index is 1.67. The number of nitrogens with one attached hydrogen (secondary N) is 2. The predicted octanol–water partition coefficient (Wildman–Crippen LogP) is 2.68. The summed E-state index contributed by atoms with van der Waals surface area (Å²) in [6, 6.07) is 19.1. The van der Waals surface area contributed by atoms with Gasteiger partial charge in [-0.2, -0.15) is 0 Å². The second kappa shape index (κ2) is 7.56. The lowest BCUT2D eigenvalue weighted by atomic mass is 10.1. The minimum absolute atomic E-state index is 0.120. The van der Waals surface area contributed by atoms with E-state index >= 15 is 0 Å². The zero-order valence-electron chi connectivity index (χ0n) is 15.7. The Labute approximate surface area is 162 Å². The van der Waals surface area contributed by atoms with Crippen LogP contribution in [0.15, 0.2) is 70.5 Å². The van der Waals surface area contributed by atoms with Crippen LogP contribution in [-0.4, -0.2) is 22.6 Å². The van der Waals surface area contributed by atoms with E-state index in [0.717, 1.165) is 16.9 Å². The molecule has 1 aliphatic heterocycles. The van der Waals surface area contributed by atoms with Crippen molar-refractivity contribution < 1.29 is 4.74 Å². The summed E-state index contributed by atoms with van der Waals surface area (Å²) in [5.74, 6) is 1.86. The Morgan fingerprint density at radius 1 is 1.14 bits per heavy atom. The number of hydrogen-bond acceptors (Lipinski definition) is 4. The van der Waals surface area contributed by atoms with Gasteiger partial charge < -0.3 is 10.1 Å². The quantitative estimate of drug-likeness (QED) is 0.733. The van der Waals surface area contributed by atoms with Crippen LogP contribution in [0.5, 0.6) is 5.75 Å². The summed E-state index contributed by atoms with van der Waals surface area (Å²) < 4.78 is 6.79. The Bertz CT molecular complexity index is 1060. The van der Waals surface area contributed by atoms with Crippen LogP contribution in [0.3, 0.4) is 0 Å². The maximum atomic E-state index is 12.6. The first-order valence-corrected chi connectivity index (χ1v) is 9.00. The van der Waals surface area contributed by atoms with E-state index in [1.807, 2.05) is 54.6 Å². The average Bonchev–Trinajstić information content (AvgIpc) is 2.72. The van der Waals surface area contributed by atoms with Gasteiger partial charge in [-0.25, -0.2) is 9.98 Å². The molecule has 0 fully saturated rings. The molecule has 1 aromatic heterocycles. The van der Waals surface area contributed by atoms with Crippen LogP contribution in [0.25, 0.3) is 0 Å². The van der Waals surface area contributed by atoms with E-state index in [-0.39, 0.29) is 11.7 Å². The first-order chi connectivity index (χ1) is 13.6. The van der Waals surface area contributed by atoms with Crippen LogP contribution in [0.2, 0.25) is 0 Å². The highest BCUT2D eigenvalue weighted by molar-refractivity contribution is 5.93. The van der Waals surface area contributed by atoms with E-state index in [1.165, 1.54) is 6.07 Å². The summed E-state index contributed by atoms with van der Waals surface area (Å²) in [7, 11) is 1.64. The molecule has 1 aliphatic rings. The van der Waals surface area contributed by atoms with E-state index in [4.69, 9.17) is 4.74 Å². The number of guanidine groups is 1. The number of anilines is 1. The lowest BCUT2D eigenvalue weighted by Gasteiger charge is -2.31. The van der Waals surface area contributed by atoms with Gasteiger partial charge in [0.1, 0.15) is 11.9 Å². The molecule has 1 unspecified atom stereocenters. The van der Waals surface area contributed by atoms with Gasteiger partial charge in [0.2, 0.25) is 5.95 Å². The first-order valence-electron chi connectivity index (χ1n) is 9.00. The fourth-order valence-electron chi connectivity index (χ4n) is 3.13. The van der Waals surface area contributed by atoms with Crippen molar-refractivity contribution in [3.8, 4) is 5.75 Å². The highest BCUT2D eigenvalue weighted by Gasteiger charge is 2.26. The largest absolute Gasteiger partial charge is 0.497 e. The third kappa shape index (κ3) is 3.59. The van der Waals surface area contributed by atoms with Gasteiger partial charge in [-0.3, -0.25) is 14.7 Å². The molecule has 0 saturated heterocycles.